The number of hydrogen-bond acceptors (Lipinski definition) is 0. The van der Waals surface area contributed by atoms with E-state index in [1.807, 2.05) is 0 Å². The normalized spacial score (nSPS) is 0. The van der Waals surface area contributed by atoms with Crippen LogP contribution in [0.1, 0.15) is 0 Å². The van der Waals surface area contributed by atoms with Crippen LogP contribution in [0.5, 0.6) is 0 Å². The van der Waals surface area contributed by atoms with Crippen LogP contribution in [0.15, 0.2) is 0 Å². The Morgan fingerprint density at radius 1 is 0.600 bits per heavy atom. The predicted octanol–water partition coefficient (Wildman–Crippen LogP) is 1.23. The van der Waals surface area contributed by atoms with E-state index < -0.39 is 0 Å². The van der Waals surface area contributed by atoms with Crippen LogP contribution in [0.2, 0.25) is 0 Å². The number of hydrogen-bond donors (Lipinski definition) is 0. The van der Waals surface area contributed by atoms with Gasteiger partial charge in [0.25, 0.3) is 0 Å². The summed E-state index contributed by atoms with van der Waals surface area (Å²) >= 11 is 0. The first kappa shape index (κ1) is 386. The average molecular weight is 112 g/mol. The van der Waals surface area contributed by atoms with E-state index in [-0.39, 0.29) is 46.3 Å². The van der Waals surface area contributed by atoms with Gasteiger partial charge in [0.15, 0.2) is 0 Å². The predicted molar refractivity (Wildman–Crippen MR) is 19.9 cm³/mol. The third kappa shape index (κ3) is 99.3. The van der Waals surface area contributed by atoms with Crippen LogP contribution >= 0.6 is 0 Å². The zero-order valence-corrected chi connectivity index (χ0v) is 5.25. The van der Waals surface area contributed by atoms with Crippen LogP contribution in [0.4, 0.5) is 0 Å². The Balaban J connectivity index is 0. The van der Waals surface area contributed by atoms with Gasteiger partial charge in [-0.3, -0.25) is 0 Å². The molecule has 0 aliphatic carbocycles. The molecule has 0 aliphatic rings. The van der Waals surface area contributed by atoms with Gasteiger partial charge in [0.1, 0.15) is 0 Å². The SMILES string of the molecule is [CH3-].[CH3-].[CH3-].[O-2].[V+2]. The second-order valence-corrected chi connectivity index (χ2v) is 0. The van der Waals surface area contributed by atoms with Crippen LogP contribution in [0.25, 0.3) is 0 Å². The van der Waals surface area contributed by atoms with E-state index in [1.54, 1.807) is 0 Å². The first-order valence-corrected chi connectivity index (χ1v) is 0. The molecule has 0 aromatic heterocycles. The van der Waals surface area contributed by atoms with E-state index in [9.17, 15) is 0 Å². The molecule has 0 heterocycles. The molecule has 0 N–H and O–H groups in total. The molecule has 0 bridgehead atoms. The fourth-order valence-corrected chi connectivity index (χ4v) is 0. The maximum atomic E-state index is 0. The van der Waals surface area contributed by atoms with E-state index in [0.717, 1.165) is 0 Å². The summed E-state index contributed by atoms with van der Waals surface area (Å²) < 4.78 is 0. The minimum atomic E-state index is 0. The Hall–Kier alpha value is 0.544. The van der Waals surface area contributed by atoms with E-state index in [2.05, 4.69) is 0 Å². The molecule has 2 heteroatoms. The van der Waals surface area contributed by atoms with Gasteiger partial charge in [-0.2, -0.15) is 0 Å². The summed E-state index contributed by atoms with van der Waals surface area (Å²) in [6.07, 6.45) is 0. The summed E-state index contributed by atoms with van der Waals surface area (Å²) in [6, 6.07) is 0. The summed E-state index contributed by atoms with van der Waals surface area (Å²) in [6.45, 7) is 0. The summed E-state index contributed by atoms with van der Waals surface area (Å²) in [5.41, 5.74) is 0. The average Bonchev–Trinajstić information content (AvgIpc) is 0. The van der Waals surface area contributed by atoms with Crippen molar-refractivity contribution in [1.29, 1.82) is 0 Å². The van der Waals surface area contributed by atoms with Crippen molar-refractivity contribution in [2.75, 3.05) is 0 Å². The molecule has 0 fully saturated rings. The molecule has 0 rings (SSSR count). The molecule has 0 spiro atoms. The minimum absolute atomic E-state index is 0. The Kier molecular flexibility index (Phi) is 14900. The van der Waals surface area contributed by atoms with Crippen molar-refractivity contribution in [1.82, 2.24) is 0 Å². The molecule has 0 aromatic carbocycles. The standard InChI is InChI=1S/3CH3.O.V/h3*1H3;;/q3*-1;-2;+2. The van der Waals surface area contributed by atoms with Crippen molar-refractivity contribution >= 4 is 0 Å². The fraction of sp³-hybridized carbons (Fsp3) is 0. The summed E-state index contributed by atoms with van der Waals surface area (Å²) in [5, 5.41) is 0. The largest absolute Gasteiger partial charge is 2.00 e. The second-order valence-electron chi connectivity index (χ2n) is 0. The van der Waals surface area contributed by atoms with E-state index >= 15 is 0 Å². The van der Waals surface area contributed by atoms with E-state index in [1.165, 1.54) is 0 Å². The summed E-state index contributed by atoms with van der Waals surface area (Å²) in [5.74, 6) is 0. The maximum absolute atomic E-state index is 0. The Morgan fingerprint density at radius 2 is 0.600 bits per heavy atom. The molecule has 35 valence electrons. The van der Waals surface area contributed by atoms with Gasteiger partial charge in [0.05, 0.1) is 0 Å². The minimum Gasteiger partial charge on any atom is -2.00 e. The van der Waals surface area contributed by atoms with Gasteiger partial charge in [-0.15, -0.1) is 0 Å². The van der Waals surface area contributed by atoms with Crippen LogP contribution < -0.4 is 0 Å². The van der Waals surface area contributed by atoms with Crippen LogP contribution in [-0.4, -0.2) is 0 Å². The third-order valence-electron chi connectivity index (χ3n) is 0. The molecule has 0 atom stereocenters. The molecule has 0 saturated carbocycles. The van der Waals surface area contributed by atoms with Crippen LogP contribution in [0, 0.1) is 22.3 Å². The van der Waals surface area contributed by atoms with Gasteiger partial charge >= 0.3 is 18.6 Å². The molecule has 1 nitrogen and oxygen atoms in total. The number of rotatable bonds is 0. The quantitative estimate of drug-likeness (QED) is 0.421. The molecule has 0 aliphatic heterocycles. The van der Waals surface area contributed by atoms with Gasteiger partial charge in [-0.05, 0) is 0 Å². The van der Waals surface area contributed by atoms with Crippen molar-refractivity contribution in [3.8, 4) is 0 Å². The van der Waals surface area contributed by atoms with Crippen molar-refractivity contribution in [2.45, 2.75) is 0 Å². The Bertz CT molecular complexity index is 6.85. The van der Waals surface area contributed by atoms with Crippen molar-refractivity contribution in [3.63, 3.8) is 0 Å². The van der Waals surface area contributed by atoms with E-state index in [4.69, 9.17) is 0 Å². The van der Waals surface area contributed by atoms with Gasteiger partial charge in [-0.1, -0.05) is 0 Å². The molecule has 1 radical (unpaired) electrons. The van der Waals surface area contributed by atoms with Crippen molar-refractivity contribution in [3.05, 3.63) is 22.3 Å². The summed E-state index contributed by atoms with van der Waals surface area (Å²) in [4.78, 5) is 0. The molecular formula is C3H9OV-3. The zero-order valence-electron chi connectivity index (χ0n) is 3.86. The van der Waals surface area contributed by atoms with E-state index in [0.29, 0.717) is 0 Å². The Labute approximate surface area is 47.0 Å². The van der Waals surface area contributed by atoms with Gasteiger partial charge in [0, 0.05) is 0 Å². The molecule has 0 aromatic rings. The molecular weight excluding hydrogens is 103 g/mol. The second kappa shape index (κ2) is 193. The monoisotopic (exact) mass is 112 g/mol. The maximum Gasteiger partial charge on any atom is 2.00 e. The van der Waals surface area contributed by atoms with Gasteiger partial charge in [0.2, 0.25) is 0 Å². The summed E-state index contributed by atoms with van der Waals surface area (Å²) in [7, 11) is 0. The first-order valence-electron chi connectivity index (χ1n) is 0. The van der Waals surface area contributed by atoms with Crippen molar-refractivity contribution < 1.29 is 24.0 Å². The third-order valence-corrected chi connectivity index (χ3v) is 0. The topological polar surface area (TPSA) is 28.5 Å². The molecule has 0 saturated heterocycles. The van der Waals surface area contributed by atoms with Crippen LogP contribution in [-0.2, 0) is 24.0 Å². The van der Waals surface area contributed by atoms with Gasteiger partial charge < -0.3 is 27.8 Å². The zero-order chi connectivity index (χ0) is 0. The smallest absolute Gasteiger partial charge is 2.00 e. The first-order chi connectivity index (χ1) is 0. The van der Waals surface area contributed by atoms with Gasteiger partial charge in [-0.25, -0.2) is 0 Å². The Morgan fingerprint density at radius 3 is 0.600 bits per heavy atom. The van der Waals surface area contributed by atoms with Crippen molar-refractivity contribution in [2.24, 2.45) is 0 Å². The molecule has 0 unspecified atom stereocenters. The fourth-order valence-electron chi connectivity index (χ4n) is 0. The van der Waals surface area contributed by atoms with Crippen LogP contribution in [0.3, 0.4) is 0 Å². The molecule has 5 heavy (non-hydrogen) atoms. The molecule has 0 amide bonds.